The normalized spacial score (nSPS) is 11.6. The third-order valence-corrected chi connectivity index (χ3v) is 5.71. The summed E-state index contributed by atoms with van der Waals surface area (Å²) in [5, 5.41) is 2.60. The largest absolute Gasteiger partial charge is 0.353 e. The molecule has 1 amide bonds. The Kier molecular flexibility index (Phi) is 7.53. The van der Waals surface area contributed by atoms with Gasteiger partial charge in [-0.2, -0.15) is 0 Å². The van der Waals surface area contributed by atoms with E-state index in [1.807, 2.05) is 6.07 Å². The molecule has 4 nitrogen and oxygen atoms in total. The number of carbonyl (C=O) groups is 1. The molecule has 0 fully saturated rings. The molecule has 138 valence electrons. The van der Waals surface area contributed by atoms with Gasteiger partial charge in [0.2, 0.25) is 5.91 Å². The van der Waals surface area contributed by atoms with Crippen LogP contribution in [0.3, 0.4) is 0 Å². The van der Waals surface area contributed by atoms with Crippen LogP contribution in [0, 0.1) is 5.82 Å². The third-order valence-electron chi connectivity index (χ3n) is 3.53. The van der Waals surface area contributed by atoms with Crippen molar-refractivity contribution in [2.45, 2.75) is 12.2 Å². The lowest BCUT2D eigenvalue weighted by atomic mass is 10.2. The van der Waals surface area contributed by atoms with Crippen molar-refractivity contribution in [1.29, 1.82) is 0 Å². The Hall–Kier alpha value is -1.99. The summed E-state index contributed by atoms with van der Waals surface area (Å²) >= 11 is 3.24. The number of sulfone groups is 1. The second kappa shape index (κ2) is 9.64. The van der Waals surface area contributed by atoms with Crippen LogP contribution in [0.15, 0.2) is 59.1 Å². The Bertz CT molecular complexity index is 883. The number of hydrogen-bond acceptors (Lipinski definition) is 3. The first-order chi connectivity index (χ1) is 12.4. The summed E-state index contributed by atoms with van der Waals surface area (Å²) in [6.07, 6.45) is 2.92. The Morgan fingerprint density at radius 3 is 2.62 bits per heavy atom. The first kappa shape index (κ1) is 20.3. The Morgan fingerprint density at radius 1 is 1.15 bits per heavy atom. The average Bonchev–Trinajstić information content (AvgIpc) is 2.60. The second-order valence-electron chi connectivity index (χ2n) is 5.72. The van der Waals surface area contributed by atoms with Gasteiger partial charge in [-0.3, -0.25) is 4.79 Å². The summed E-state index contributed by atoms with van der Waals surface area (Å²) in [5.74, 6) is -0.843. The number of amides is 1. The highest BCUT2D eigenvalue weighted by molar-refractivity contribution is 9.10. The molecule has 0 saturated carbocycles. The lowest BCUT2D eigenvalue weighted by Gasteiger charge is -2.05. The quantitative estimate of drug-likeness (QED) is 0.503. The summed E-state index contributed by atoms with van der Waals surface area (Å²) in [7, 11) is -3.22. The molecule has 2 rings (SSSR count). The minimum Gasteiger partial charge on any atom is -0.353 e. The highest BCUT2D eigenvalue weighted by atomic mass is 79.9. The third kappa shape index (κ3) is 7.09. The molecule has 0 atom stereocenters. The van der Waals surface area contributed by atoms with Gasteiger partial charge in [0.1, 0.15) is 5.82 Å². The monoisotopic (exact) mass is 439 g/mol. The van der Waals surface area contributed by atoms with Gasteiger partial charge in [-0.15, -0.1) is 0 Å². The van der Waals surface area contributed by atoms with E-state index in [0.717, 1.165) is 5.56 Å². The van der Waals surface area contributed by atoms with E-state index in [4.69, 9.17) is 0 Å². The topological polar surface area (TPSA) is 63.2 Å². The SMILES string of the molecule is O=C(C=Cc1cc(Br)ccc1F)NCCCS(=O)(=O)Cc1ccccc1. The molecule has 0 radical (unpaired) electrons. The van der Waals surface area contributed by atoms with Crippen LogP contribution >= 0.6 is 15.9 Å². The van der Waals surface area contributed by atoms with E-state index in [0.29, 0.717) is 16.5 Å². The van der Waals surface area contributed by atoms with Crippen molar-refractivity contribution in [3.05, 3.63) is 76.0 Å². The second-order valence-corrected chi connectivity index (χ2v) is 8.82. The van der Waals surface area contributed by atoms with Crippen LogP contribution in [0.2, 0.25) is 0 Å². The zero-order valence-electron chi connectivity index (χ0n) is 14.0. The number of carbonyl (C=O) groups excluding carboxylic acids is 1. The van der Waals surface area contributed by atoms with Crippen molar-refractivity contribution in [2.24, 2.45) is 0 Å². The van der Waals surface area contributed by atoms with Crippen molar-refractivity contribution in [3.8, 4) is 0 Å². The maximum absolute atomic E-state index is 13.6. The van der Waals surface area contributed by atoms with E-state index >= 15 is 0 Å². The summed E-state index contributed by atoms with van der Waals surface area (Å²) in [4.78, 5) is 11.7. The fraction of sp³-hybridized carbons (Fsp3) is 0.211. The van der Waals surface area contributed by atoms with Gasteiger partial charge in [0.05, 0.1) is 11.5 Å². The Labute approximate surface area is 161 Å². The van der Waals surface area contributed by atoms with E-state index in [1.165, 1.54) is 18.2 Å². The Balaban J connectivity index is 1.76. The highest BCUT2D eigenvalue weighted by Gasteiger charge is 2.11. The fourth-order valence-electron chi connectivity index (χ4n) is 2.27. The number of nitrogens with one attached hydrogen (secondary N) is 1. The van der Waals surface area contributed by atoms with E-state index < -0.39 is 21.6 Å². The predicted molar refractivity (Wildman–Crippen MR) is 105 cm³/mol. The van der Waals surface area contributed by atoms with Crippen LogP contribution in [0.4, 0.5) is 4.39 Å². The first-order valence-electron chi connectivity index (χ1n) is 8.01. The molecule has 0 aromatic heterocycles. The molecule has 0 aliphatic rings. The summed E-state index contributed by atoms with van der Waals surface area (Å²) in [6, 6.07) is 13.4. The molecule has 2 aromatic rings. The van der Waals surface area contributed by atoms with Gasteiger partial charge in [0, 0.05) is 22.7 Å². The number of rotatable bonds is 8. The van der Waals surface area contributed by atoms with Crippen molar-refractivity contribution < 1.29 is 17.6 Å². The number of hydrogen-bond donors (Lipinski definition) is 1. The molecule has 26 heavy (non-hydrogen) atoms. The van der Waals surface area contributed by atoms with Gasteiger partial charge < -0.3 is 5.32 Å². The smallest absolute Gasteiger partial charge is 0.244 e. The lowest BCUT2D eigenvalue weighted by molar-refractivity contribution is -0.116. The summed E-state index contributed by atoms with van der Waals surface area (Å²) in [6.45, 7) is 0.234. The maximum atomic E-state index is 13.6. The molecule has 0 aliphatic carbocycles. The van der Waals surface area contributed by atoms with E-state index in [2.05, 4.69) is 21.2 Å². The molecule has 0 saturated heterocycles. The van der Waals surface area contributed by atoms with Crippen LogP contribution in [0.25, 0.3) is 6.08 Å². The zero-order valence-corrected chi connectivity index (χ0v) is 16.4. The van der Waals surface area contributed by atoms with Crippen LogP contribution in [-0.4, -0.2) is 26.6 Å². The summed E-state index contributed by atoms with van der Waals surface area (Å²) < 4.78 is 38.4. The van der Waals surface area contributed by atoms with Crippen LogP contribution in [0.1, 0.15) is 17.5 Å². The molecule has 0 spiro atoms. The van der Waals surface area contributed by atoms with Crippen LogP contribution in [-0.2, 0) is 20.4 Å². The van der Waals surface area contributed by atoms with Gasteiger partial charge in [0.25, 0.3) is 0 Å². The summed E-state index contributed by atoms with van der Waals surface area (Å²) in [5.41, 5.74) is 1.04. The minimum absolute atomic E-state index is 0.00779. The average molecular weight is 440 g/mol. The molecule has 0 heterocycles. The van der Waals surface area contributed by atoms with Crippen LogP contribution < -0.4 is 5.32 Å². The van der Waals surface area contributed by atoms with Crippen molar-refractivity contribution >= 4 is 37.8 Å². The van der Waals surface area contributed by atoms with E-state index in [-0.39, 0.29) is 18.1 Å². The standard InChI is InChI=1S/C19H19BrFNO3S/c20-17-8-9-18(21)16(13-17)7-10-19(23)22-11-4-12-26(24,25)14-15-5-2-1-3-6-15/h1-3,5-10,13H,4,11-12,14H2,(H,22,23). The van der Waals surface area contributed by atoms with Gasteiger partial charge in [-0.1, -0.05) is 46.3 Å². The molecule has 0 bridgehead atoms. The molecular weight excluding hydrogens is 421 g/mol. The molecular formula is C19H19BrFNO3S. The van der Waals surface area contributed by atoms with Gasteiger partial charge >= 0.3 is 0 Å². The van der Waals surface area contributed by atoms with Crippen molar-refractivity contribution in [3.63, 3.8) is 0 Å². The van der Waals surface area contributed by atoms with E-state index in [1.54, 1.807) is 36.4 Å². The number of halogens is 2. The van der Waals surface area contributed by atoms with Gasteiger partial charge in [0.15, 0.2) is 9.84 Å². The lowest BCUT2D eigenvalue weighted by Crippen LogP contribution is -2.24. The maximum Gasteiger partial charge on any atom is 0.244 e. The minimum atomic E-state index is -3.22. The van der Waals surface area contributed by atoms with Gasteiger partial charge in [-0.25, -0.2) is 12.8 Å². The molecule has 2 aromatic carbocycles. The van der Waals surface area contributed by atoms with Gasteiger partial charge in [-0.05, 0) is 36.3 Å². The molecule has 0 unspecified atom stereocenters. The molecule has 0 aliphatic heterocycles. The predicted octanol–water partition coefficient (Wildman–Crippen LogP) is 3.72. The zero-order chi connectivity index (χ0) is 19.0. The highest BCUT2D eigenvalue weighted by Crippen LogP contribution is 2.16. The van der Waals surface area contributed by atoms with Crippen LogP contribution in [0.5, 0.6) is 0 Å². The van der Waals surface area contributed by atoms with Crippen molar-refractivity contribution in [2.75, 3.05) is 12.3 Å². The fourth-order valence-corrected chi connectivity index (χ4v) is 4.08. The molecule has 7 heteroatoms. The first-order valence-corrected chi connectivity index (χ1v) is 10.6. The number of benzene rings is 2. The van der Waals surface area contributed by atoms with E-state index in [9.17, 15) is 17.6 Å². The van der Waals surface area contributed by atoms with Crippen molar-refractivity contribution in [1.82, 2.24) is 5.32 Å². The molecule has 1 N–H and O–H groups in total. The Morgan fingerprint density at radius 2 is 1.88 bits per heavy atom.